The third kappa shape index (κ3) is 2.60. The van der Waals surface area contributed by atoms with Crippen LogP contribution >= 0.6 is 11.3 Å². The van der Waals surface area contributed by atoms with Crippen LogP contribution in [0.1, 0.15) is 11.3 Å². The van der Waals surface area contributed by atoms with Crippen molar-refractivity contribution in [3.8, 4) is 0 Å². The molecule has 1 fully saturated rings. The minimum absolute atomic E-state index is 0.312. The van der Waals surface area contributed by atoms with Gasteiger partial charge in [-0.05, 0) is 26.6 Å². The van der Waals surface area contributed by atoms with Crippen LogP contribution in [0.5, 0.6) is 0 Å². The lowest BCUT2D eigenvalue weighted by molar-refractivity contribution is 0.302. The van der Waals surface area contributed by atoms with Crippen molar-refractivity contribution in [3.63, 3.8) is 0 Å². The van der Waals surface area contributed by atoms with E-state index < -0.39 is 10.0 Å². The molecule has 0 aromatic carbocycles. The largest absolute Gasteiger partial charge is 0.326 e. The van der Waals surface area contributed by atoms with E-state index in [0.717, 1.165) is 11.3 Å². The average molecular weight is 289 g/mol. The van der Waals surface area contributed by atoms with E-state index in [1.165, 1.54) is 11.3 Å². The second kappa shape index (κ2) is 5.26. The predicted octanol–water partition coefficient (Wildman–Crippen LogP) is 0.531. The van der Waals surface area contributed by atoms with Gasteiger partial charge in [-0.25, -0.2) is 8.42 Å². The standard InChI is InChI=1S/C11H19N3O2S2/c1-13(2)9-3-4-14(7-9)18(15,16)11-5-10(6-12)17-8-11/h5,8-9H,3-4,6-7,12H2,1-2H3. The van der Waals surface area contributed by atoms with Gasteiger partial charge in [0.2, 0.25) is 10.0 Å². The van der Waals surface area contributed by atoms with Crippen LogP contribution in [0, 0.1) is 0 Å². The van der Waals surface area contributed by atoms with Crippen LogP contribution < -0.4 is 5.73 Å². The lowest BCUT2D eigenvalue weighted by Gasteiger charge is -2.19. The maximum atomic E-state index is 12.4. The number of nitrogens with two attached hydrogens (primary N) is 1. The van der Waals surface area contributed by atoms with Crippen molar-refractivity contribution in [2.45, 2.75) is 23.9 Å². The summed E-state index contributed by atoms with van der Waals surface area (Å²) < 4.78 is 26.4. The molecular weight excluding hydrogens is 270 g/mol. The number of hydrogen-bond acceptors (Lipinski definition) is 5. The molecule has 7 heteroatoms. The quantitative estimate of drug-likeness (QED) is 0.878. The van der Waals surface area contributed by atoms with E-state index in [1.807, 2.05) is 14.1 Å². The molecule has 1 aliphatic rings. The van der Waals surface area contributed by atoms with Crippen molar-refractivity contribution in [3.05, 3.63) is 16.3 Å². The van der Waals surface area contributed by atoms with E-state index in [2.05, 4.69) is 4.90 Å². The van der Waals surface area contributed by atoms with Gasteiger partial charge in [-0.3, -0.25) is 0 Å². The molecule has 0 radical (unpaired) electrons. The molecule has 5 nitrogen and oxygen atoms in total. The smallest absolute Gasteiger partial charge is 0.243 e. The predicted molar refractivity (Wildman–Crippen MR) is 73.1 cm³/mol. The normalized spacial score (nSPS) is 21.9. The molecule has 2 rings (SSSR count). The Morgan fingerprint density at radius 1 is 1.56 bits per heavy atom. The van der Waals surface area contributed by atoms with Gasteiger partial charge in [0.05, 0.1) is 4.90 Å². The van der Waals surface area contributed by atoms with Gasteiger partial charge in [-0.2, -0.15) is 4.31 Å². The molecule has 1 unspecified atom stereocenters. The highest BCUT2D eigenvalue weighted by molar-refractivity contribution is 7.89. The Kier molecular flexibility index (Phi) is 4.08. The van der Waals surface area contributed by atoms with Crippen molar-refractivity contribution in [2.24, 2.45) is 5.73 Å². The number of nitrogens with zero attached hydrogens (tertiary/aromatic N) is 2. The number of thiophene rings is 1. The number of likely N-dealkylation sites (N-methyl/N-ethyl adjacent to an activating group) is 1. The van der Waals surface area contributed by atoms with Crippen LogP contribution in [0.3, 0.4) is 0 Å². The summed E-state index contributed by atoms with van der Waals surface area (Å²) in [5.74, 6) is 0. The van der Waals surface area contributed by atoms with Gasteiger partial charge in [-0.1, -0.05) is 0 Å². The maximum absolute atomic E-state index is 12.4. The highest BCUT2D eigenvalue weighted by atomic mass is 32.2. The highest BCUT2D eigenvalue weighted by Crippen LogP contribution is 2.26. The molecule has 102 valence electrons. The zero-order chi connectivity index (χ0) is 13.3. The number of hydrogen-bond donors (Lipinski definition) is 1. The molecule has 1 aromatic heterocycles. The summed E-state index contributed by atoms with van der Waals surface area (Å²) in [4.78, 5) is 3.36. The molecule has 18 heavy (non-hydrogen) atoms. The Hall–Kier alpha value is -0.470. The first-order chi connectivity index (χ1) is 8.45. The van der Waals surface area contributed by atoms with Crippen molar-refractivity contribution < 1.29 is 8.42 Å². The monoisotopic (exact) mass is 289 g/mol. The molecule has 0 saturated carbocycles. The first-order valence-corrected chi connectivity index (χ1v) is 8.21. The second-order valence-electron chi connectivity index (χ2n) is 4.72. The summed E-state index contributed by atoms with van der Waals surface area (Å²) in [5.41, 5.74) is 5.52. The minimum atomic E-state index is -3.33. The van der Waals surface area contributed by atoms with Gasteiger partial charge >= 0.3 is 0 Å². The molecule has 0 amide bonds. The van der Waals surface area contributed by atoms with Crippen molar-refractivity contribution >= 4 is 21.4 Å². The molecule has 0 bridgehead atoms. The van der Waals surface area contributed by atoms with Crippen molar-refractivity contribution in [1.82, 2.24) is 9.21 Å². The molecule has 1 saturated heterocycles. The molecule has 2 N–H and O–H groups in total. The van der Waals surface area contributed by atoms with Crippen molar-refractivity contribution in [1.29, 1.82) is 0 Å². The lowest BCUT2D eigenvalue weighted by Crippen LogP contribution is -2.34. The summed E-state index contributed by atoms with van der Waals surface area (Å²) in [6.07, 6.45) is 0.889. The number of sulfonamides is 1. The summed E-state index contributed by atoms with van der Waals surface area (Å²) in [6, 6.07) is 2.00. The highest BCUT2D eigenvalue weighted by Gasteiger charge is 2.33. The summed E-state index contributed by atoms with van der Waals surface area (Å²) in [7, 11) is 0.635. The molecule has 1 aliphatic heterocycles. The fourth-order valence-corrected chi connectivity index (χ4v) is 4.74. The van der Waals surface area contributed by atoms with Gasteiger partial charge in [0.25, 0.3) is 0 Å². The zero-order valence-corrected chi connectivity index (χ0v) is 12.3. The van der Waals surface area contributed by atoms with E-state index in [-0.39, 0.29) is 0 Å². The van der Waals surface area contributed by atoms with Crippen molar-refractivity contribution in [2.75, 3.05) is 27.2 Å². The van der Waals surface area contributed by atoms with Gasteiger partial charge in [0.15, 0.2) is 0 Å². The second-order valence-corrected chi connectivity index (χ2v) is 7.66. The van der Waals surface area contributed by atoms with E-state index in [4.69, 9.17) is 5.73 Å². The molecular formula is C11H19N3O2S2. The van der Waals surface area contributed by atoms with Crippen LogP contribution in [-0.2, 0) is 16.6 Å². The zero-order valence-electron chi connectivity index (χ0n) is 10.7. The van der Waals surface area contributed by atoms with Gasteiger partial charge in [0.1, 0.15) is 0 Å². The lowest BCUT2D eigenvalue weighted by atomic mass is 10.2. The average Bonchev–Trinajstić information content (AvgIpc) is 2.98. The topological polar surface area (TPSA) is 66.6 Å². The van der Waals surface area contributed by atoms with Crippen LogP contribution in [0.4, 0.5) is 0 Å². The third-order valence-electron chi connectivity index (χ3n) is 3.33. The van der Waals surface area contributed by atoms with Gasteiger partial charge in [0, 0.05) is 35.9 Å². The van der Waals surface area contributed by atoms with E-state index in [1.54, 1.807) is 15.8 Å². The molecule has 1 atom stereocenters. The number of rotatable bonds is 4. The third-order valence-corrected chi connectivity index (χ3v) is 6.28. The first kappa shape index (κ1) is 14.0. The molecule has 2 heterocycles. The van der Waals surface area contributed by atoms with Crippen LogP contribution in [0.15, 0.2) is 16.3 Å². The van der Waals surface area contributed by atoms with Gasteiger partial charge < -0.3 is 10.6 Å². The van der Waals surface area contributed by atoms with E-state index in [0.29, 0.717) is 30.6 Å². The molecule has 1 aromatic rings. The Morgan fingerprint density at radius 2 is 2.28 bits per heavy atom. The Morgan fingerprint density at radius 3 is 2.78 bits per heavy atom. The summed E-state index contributed by atoms with van der Waals surface area (Å²) in [5, 5.41) is 1.68. The van der Waals surface area contributed by atoms with Crippen LogP contribution in [0.2, 0.25) is 0 Å². The fourth-order valence-electron chi connectivity index (χ4n) is 2.10. The molecule has 0 aliphatic carbocycles. The van der Waals surface area contributed by atoms with E-state index >= 15 is 0 Å². The Labute approximate surface area is 112 Å². The summed E-state index contributed by atoms with van der Waals surface area (Å²) >= 11 is 1.40. The molecule has 0 spiro atoms. The summed E-state index contributed by atoms with van der Waals surface area (Å²) in [6.45, 7) is 1.56. The van der Waals surface area contributed by atoms with Crippen LogP contribution in [0.25, 0.3) is 0 Å². The fraction of sp³-hybridized carbons (Fsp3) is 0.636. The van der Waals surface area contributed by atoms with E-state index in [9.17, 15) is 8.42 Å². The Balaban J connectivity index is 2.17. The Bertz CT molecular complexity index is 510. The first-order valence-electron chi connectivity index (χ1n) is 5.89. The van der Waals surface area contributed by atoms with Gasteiger partial charge in [-0.15, -0.1) is 11.3 Å². The SMILES string of the molecule is CN(C)C1CCN(S(=O)(=O)c2csc(CN)c2)C1. The van der Waals surface area contributed by atoms with Crippen LogP contribution in [-0.4, -0.2) is 50.8 Å². The maximum Gasteiger partial charge on any atom is 0.243 e. The minimum Gasteiger partial charge on any atom is -0.326 e.